The zero-order valence-electron chi connectivity index (χ0n) is 20.8. The van der Waals surface area contributed by atoms with Crippen molar-refractivity contribution in [3.8, 4) is 23.0 Å². The molecule has 3 rings (SSSR count). The highest BCUT2D eigenvalue weighted by molar-refractivity contribution is 6.05. The van der Waals surface area contributed by atoms with E-state index in [0.717, 1.165) is 33.8 Å². The Kier molecular flexibility index (Phi) is 9.71. The van der Waals surface area contributed by atoms with Gasteiger partial charge in [-0.05, 0) is 65.3 Å². The highest BCUT2D eigenvalue weighted by Crippen LogP contribution is 2.31. The second-order valence-corrected chi connectivity index (χ2v) is 7.68. The van der Waals surface area contributed by atoms with Gasteiger partial charge in [0.05, 0.1) is 21.3 Å². The van der Waals surface area contributed by atoms with Crippen LogP contribution >= 0.6 is 0 Å². The molecule has 184 valence electrons. The van der Waals surface area contributed by atoms with Gasteiger partial charge >= 0.3 is 0 Å². The van der Waals surface area contributed by atoms with Crippen molar-refractivity contribution >= 4 is 30.1 Å². The van der Waals surface area contributed by atoms with E-state index in [1.165, 1.54) is 12.2 Å². The van der Waals surface area contributed by atoms with Crippen LogP contribution in [0.2, 0.25) is 0 Å². The zero-order valence-corrected chi connectivity index (χ0v) is 20.8. The van der Waals surface area contributed by atoms with Crippen molar-refractivity contribution in [3.05, 3.63) is 108 Å². The number of methoxy groups -OCH3 is 3. The van der Waals surface area contributed by atoms with Gasteiger partial charge in [-0.3, -0.25) is 4.79 Å². The lowest BCUT2D eigenvalue weighted by Crippen LogP contribution is -1.94. The molecule has 0 fully saturated rings. The van der Waals surface area contributed by atoms with Crippen LogP contribution in [0.4, 0.5) is 0 Å². The fourth-order valence-corrected chi connectivity index (χ4v) is 3.36. The summed E-state index contributed by atoms with van der Waals surface area (Å²) in [5, 5.41) is 0. The van der Waals surface area contributed by atoms with E-state index in [1.54, 1.807) is 45.6 Å². The minimum absolute atomic E-state index is 0.148. The highest BCUT2D eigenvalue weighted by Gasteiger charge is 2.09. The molecule has 0 aromatic heterocycles. The molecule has 0 N–H and O–H groups in total. The molecule has 0 aliphatic rings. The average molecular weight is 483 g/mol. The van der Waals surface area contributed by atoms with Gasteiger partial charge in [-0.2, -0.15) is 0 Å². The SMILES string of the molecule is C=CCOc1ccc(/C=C/C(=O)/C=C/c2c(/C=C/c3ccc(OC)cc3)cc(OC)cc2OC)cc1. The third-order valence-electron chi connectivity index (χ3n) is 5.28. The molecule has 0 radical (unpaired) electrons. The molecule has 0 unspecified atom stereocenters. The van der Waals surface area contributed by atoms with Gasteiger partial charge in [-0.15, -0.1) is 0 Å². The highest BCUT2D eigenvalue weighted by atomic mass is 16.5. The molecule has 3 aromatic carbocycles. The summed E-state index contributed by atoms with van der Waals surface area (Å²) >= 11 is 0. The Bertz CT molecular complexity index is 1250. The van der Waals surface area contributed by atoms with E-state index < -0.39 is 0 Å². The molecular formula is C31H30O5. The Labute approximate surface area is 212 Å². The minimum Gasteiger partial charge on any atom is -0.497 e. The monoisotopic (exact) mass is 482 g/mol. The lowest BCUT2D eigenvalue weighted by atomic mass is 10.0. The predicted octanol–water partition coefficient (Wildman–Crippen LogP) is 6.74. The standard InChI is InChI=1S/C31H30O5/c1-5-20-36-28-17-10-24(11-18-28)7-13-26(32)14-19-30-25(21-29(34-3)22-31(30)35-4)12-6-23-8-15-27(33-2)16-9-23/h5-19,21-22H,1,20H2,2-4H3/b12-6+,13-7+,19-14+. The van der Waals surface area contributed by atoms with Gasteiger partial charge in [-0.25, -0.2) is 0 Å². The summed E-state index contributed by atoms with van der Waals surface area (Å²) in [5.41, 5.74) is 3.53. The normalized spacial score (nSPS) is 11.2. The lowest BCUT2D eigenvalue weighted by Gasteiger charge is -2.11. The van der Waals surface area contributed by atoms with E-state index in [1.807, 2.05) is 66.7 Å². The van der Waals surface area contributed by atoms with Crippen LogP contribution in [0.25, 0.3) is 24.3 Å². The Morgan fingerprint density at radius 3 is 1.94 bits per heavy atom. The second kappa shape index (κ2) is 13.4. The van der Waals surface area contributed by atoms with E-state index >= 15 is 0 Å². The molecule has 0 atom stereocenters. The number of rotatable bonds is 12. The number of hydrogen-bond donors (Lipinski definition) is 0. The van der Waals surface area contributed by atoms with Crippen LogP contribution in [0.5, 0.6) is 23.0 Å². The van der Waals surface area contributed by atoms with E-state index in [9.17, 15) is 4.79 Å². The Balaban J connectivity index is 1.81. The number of hydrogen-bond acceptors (Lipinski definition) is 5. The van der Waals surface area contributed by atoms with Crippen LogP contribution in [0.1, 0.15) is 22.3 Å². The summed E-state index contributed by atoms with van der Waals surface area (Å²) < 4.78 is 21.7. The summed E-state index contributed by atoms with van der Waals surface area (Å²) in [6.45, 7) is 4.08. The van der Waals surface area contributed by atoms with Gasteiger partial charge < -0.3 is 18.9 Å². The first-order valence-electron chi connectivity index (χ1n) is 11.4. The molecular weight excluding hydrogens is 452 g/mol. The summed E-state index contributed by atoms with van der Waals surface area (Å²) in [6, 6.07) is 18.9. The molecule has 0 aliphatic heterocycles. The van der Waals surface area contributed by atoms with Gasteiger partial charge in [0.2, 0.25) is 0 Å². The van der Waals surface area contributed by atoms with Gasteiger partial charge in [0.1, 0.15) is 29.6 Å². The van der Waals surface area contributed by atoms with Crippen LogP contribution in [0, 0.1) is 0 Å². The Morgan fingerprint density at radius 1 is 0.722 bits per heavy atom. The maximum Gasteiger partial charge on any atom is 0.178 e. The number of allylic oxidation sites excluding steroid dienone is 2. The summed E-state index contributed by atoms with van der Waals surface area (Å²) in [5.74, 6) is 2.66. The van der Waals surface area contributed by atoms with Crippen LogP contribution in [-0.2, 0) is 4.79 Å². The third-order valence-corrected chi connectivity index (χ3v) is 5.28. The first-order chi connectivity index (χ1) is 17.6. The van der Waals surface area contributed by atoms with E-state index in [0.29, 0.717) is 18.1 Å². The summed E-state index contributed by atoms with van der Waals surface area (Å²) in [7, 11) is 4.83. The fourth-order valence-electron chi connectivity index (χ4n) is 3.36. The van der Waals surface area contributed by atoms with E-state index in [4.69, 9.17) is 18.9 Å². The predicted molar refractivity (Wildman–Crippen MR) is 147 cm³/mol. The molecule has 0 saturated carbocycles. The fraction of sp³-hybridized carbons (Fsp3) is 0.129. The molecule has 0 spiro atoms. The van der Waals surface area contributed by atoms with Crippen molar-refractivity contribution < 1.29 is 23.7 Å². The maximum absolute atomic E-state index is 12.6. The van der Waals surface area contributed by atoms with Gasteiger partial charge in [-0.1, -0.05) is 55.1 Å². The molecule has 3 aromatic rings. The van der Waals surface area contributed by atoms with Crippen molar-refractivity contribution in [1.82, 2.24) is 0 Å². The van der Waals surface area contributed by atoms with Crippen LogP contribution < -0.4 is 18.9 Å². The number of benzene rings is 3. The van der Waals surface area contributed by atoms with E-state index in [-0.39, 0.29) is 5.78 Å². The molecule has 5 nitrogen and oxygen atoms in total. The minimum atomic E-state index is -0.148. The summed E-state index contributed by atoms with van der Waals surface area (Å²) in [4.78, 5) is 12.6. The topological polar surface area (TPSA) is 54.0 Å². The molecule has 5 heteroatoms. The Hall–Kier alpha value is -4.51. The molecule has 0 heterocycles. The lowest BCUT2D eigenvalue weighted by molar-refractivity contribution is -0.110. The van der Waals surface area contributed by atoms with Crippen LogP contribution in [0.15, 0.2) is 85.5 Å². The molecule has 36 heavy (non-hydrogen) atoms. The van der Waals surface area contributed by atoms with Crippen molar-refractivity contribution in [3.63, 3.8) is 0 Å². The maximum atomic E-state index is 12.6. The van der Waals surface area contributed by atoms with Crippen LogP contribution in [-0.4, -0.2) is 33.7 Å². The number of carbonyl (C=O) groups is 1. The van der Waals surface area contributed by atoms with Gasteiger partial charge in [0.15, 0.2) is 5.78 Å². The number of carbonyl (C=O) groups excluding carboxylic acids is 1. The van der Waals surface area contributed by atoms with Gasteiger partial charge in [0.25, 0.3) is 0 Å². The third kappa shape index (κ3) is 7.50. The van der Waals surface area contributed by atoms with Crippen molar-refractivity contribution in [2.45, 2.75) is 0 Å². The largest absolute Gasteiger partial charge is 0.497 e. The van der Waals surface area contributed by atoms with E-state index in [2.05, 4.69) is 6.58 Å². The zero-order chi connectivity index (χ0) is 25.8. The molecule has 0 saturated heterocycles. The number of ketones is 1. The molecule has 0 aliphatic carbocycles. The Morgan fingerprint density at radius 2 is 1.33 bits per heavy atom. The molecule has 0 amide bonds. The average Bonchev–Trinajstić information content (AvgIpc) is 2.93. The van der Waals surface area contributed by atoms with Gasteiger partial charge in [0, 0.05) is 11.6 Å². The number of ether oxygens (including phenoxy) is 4. The summed E-state index contributed by atoms with van der Waals surface area (Å²) in [6.07, 6.45) is 12.2. The first kappa shape index (κ1) is 26.1. The van der Waals surface area contributed by atoms with Crippen molar-refractivity contribution in [2.75, 3.05) is 27.9 Å². The van der Waals surface area contributed by atoms with Crippen molar-refractivity contribution in [2.24, 2.45) is 0 Å². The quantitative estimate of drug-likeness (QED) is 0.162. The van der Waals surface area contributed by atoms with Crippen LogP contribution in [0.3, 0.4) is 0 Å². The second-order valence-electron chi connectivity index (χ2n) is 7.68. The smallest absolute Gasteiger partial charge is 0.178 e. The first-order valence-corrected chi connectivity index (χ1v) is 11.4. The van der Waals surface area contributed by atoms with Crippen molar-refractivity contribution in [1.29, 1.82) is 0 Å². The molecule has 0 bridgehead atoms.